The van der Waals surface area contributed by atoms with Gasteiger partial charge in [0.2, 0.25) is 0 Å². The van der Waals surface area contributed by atoms with Crippen LogP contribution >= 0.6 is 0 Å². The number of rotatable bonds is 7. The van der Waals surface area contributed by atoms with E-state index in [4.69, 9.17) is 4.74 Å². The Labute approximate surface area is 148 Å². The number of benzene rings is 1. The van der Waals surface area contributed by atoms with Gasteiger partial charge in [-0.3, -0.25) is 9.58 Å². The molecule has 7 heteroatoms. The van der Waals surface area contributed by atoms with Crippen molar-refractivity contribution in [1.82, 2.24) is 24.8 Å². The zero-order valence-electron chi connectivity index (χ0n) is 15.2. The maximum absolute atomic E-state index is 13.1. The van der Waals surface area contributed by atoms with Gasteiger partial charge < -0.3 is 9.64 Å². The molecular formula is C18H26FN5O. The molecule has 1 aromatic heterocycles. The van der Waals surface area contributed by atoms with Crippen molar-refractivity contribution in [3.05, 3.63) is 47.0 Å². The Morgan fingerprint density at radius 3 is 2.76 bits per heavy atom. The first-order valence-electron chi connectivity index (χ1n) is 8.60. The fourth-order valence-corrected chi connectivity index (χ4v) is 3.27. The van der Waals surface area contributed by atoms with E-state index in [0.717, 1.165) is 37.4 Å². The van der Waals surface area contributed by atoms with Gasteiger partial charge in [-0.25, -0.2) is 4.39 Å². The smallest absolute Gasteiger partial charge is 0.123 e. The summed E-state index contributed by atoms with van der Waals surface area (Å²) in [5.74, 6) is 0.0390. The molecule has 0 aliphatic carbocycles. The molecule has 1 unspecified atom stereocenters. The number of nitrogens with zero attached hydrogens (tertiary/aromatic N) is 5. The van der Waals surface area contributed by atoms with Crippen LogP contribution in [0.15, 0.2) is 24.3 Å². The summed E-state index contributed by atoms with van der Waals surface area (Å²) in [5, 5.41) is 8.50. The van der Waals surface area contributed by atoms with Crippen molar-refractivity contribution < 1.29 is 9.13 Å². The van der Waals surface area contributed by atoms with Crippen LogP contribution in [0.2, 0.25) is 0 Å². The third-order valence-corrected chi connectivity index (χ3v) is 4.50. The number of fused-ring (bicyclic) bond motifs is 1. The Balaban J connectivity index is 1.66. The van der Waals surface area contributed by atoms with Crippen LogP contribution in [-0.2, 0) is 24.9 Å². The van der Waals surface area contributed by atoms with Gasteiger partial charge in [0.15, 0.2) is 0 Å². The van der Waals surface area contributed by atoms with Crippen LogP contribution in [-0.4, -0.2) is 65.2 Å². The van der Waals surface area contributed by atoms with Gasteiger partial charge in [0.05, 0.1) is 18.9 Å². The Morgan fingerprint density at radius 1 is 1.28 bits per heavy atom. The van der Waals surface area contributed by atoms with Gasteiger partial charge in [0.25, 0.3) is 0 Å². The molecule has 2 heterocycles. The second kappa shape index (κ2) is 8.03. The normalized spacial score (nSPS) is 17.9. The molecule has 25 heavy (non-hydrogen) atoms. The lowest BCUT2D eigenvalue weighted by Crippen LogP contribution is -2.36. The Bertz CT molecular complexity index is 685. The summed E-state index contributed by atoms with van der Waals surface area (Å²) in [6, 6.07) is 6.69. The average Bonchev–Trinajstić information content (AvgIpc) is 2.95. The molecular weight excluding hydrogens is 321 g/mol. The van der Waals surface area contributed by atoms with Crippen molar-refractivity contribution in [3.8, 4) is 0 Å². The summed E-state index contributed by atoms with van der Waals surface area (Å²) < 4.78 is 20.9. The quantitative estimate of drug-likeness (QED) is 0.713. The van der Waals surface area contributed by atoms with Crippen LogP contribution in [0.25, 0.3) is 0 Å². The van der Waals surface area contributed by atoms with Crippen molar-refractivity contribution in [3.63, 3.8) is 0 Å². The highest BCUT2D eigenvalue weighted by Crippen LogP contribution is 2.27. The fourth-order valence-electron chi connectivity index (χ4n) is 3.27. The largest absolute Gasteiger partial charge is 0.379 e. The molecule has 6 nitrogen and oxygen atoms in total. The van der Waals surface area contributed by atoms with Crippen molar-refractivity contribution in [1.29, 1.82) is 0 Å². The summed E-state index contributed by atoms with van der Waals surface area (Å²) in [6.45, 7) is 4.68. The van der Waals surface area contributed by atoms with Gasteiger partial charge in [0.1, 0.15) is 11.5 Å². The van der Waals surface area contributed by atoms with Crippen LogP contribution in [0.3, 0.4) is 0 Å². The van der Waals surface area contributed by atoms with Crippen LogP contribution in [0.4, 0.5) is 4.39 Å². The molecule has 136 valence electrons. The van der Waals surface area contributed by atoms with Crippen LogP contribution in [0, 0.1) is 5.82 Å². The first-order chi connectivity index (χ1) is 12.0. The Kier molecular flexibility index (Phi) is 5.78. The molecule has 0 radical (unpaired) electrons. The number of halogens is 1. The second-order valence-corrected chi connectivity index (χ2v) is 6.92. The number of hydrogen-bond donors (Lipinski definition) is 0. The van der Waals surface area contributed by atoms with E-state index in [2.05, 4.69) is 20.1 Å². The highest BCUT2D eigenvalue weighted by Gasteiger charge is 2.30. The summed E-state index contributed by atoms with van der Waals surface area (Å²) in [6.07, 6.45) is 0. The zero-order chi connectivity index (χ0) is 17.8. The molecule has 0 fully saturated rings. The van der Waals surface area contributed by atoms with E-state index in [1.165, 1.54) is 17.8 Å². The van der Waals surface area contributed by atoms with E-state index >= 15 is 0 Å². The summed E-state index contributed by atoms with van der Waals surface area (Å²) in [5.41, 5.74) is 3.28. The molecule has 1 aliphatic heterocycles. The molecule has 0 saturated heterocycles. The van der Waals surface area contributed by atoms with E-state index < -0.39 is 0 Å². The van der Waals surface area contributed by atoms with E-state index in [1.807, 2.05) is 38.0 Å². The third kappa shape index (κ3) is 4.62. The van der Waals surface area contributed by atoms with Crippen LogP contribution < -0.4 is 0 Å². The standard InChI is InChI=1S/C18H26FN5O/c1-22(2)8-9-25-13-15-11-24(10-14-4-6-16(19)7-5-14)12-17-18(15)23(3)21-20-17/h4-7,15H,8-13H2,1-3H3. The molecule has 1 aromatic carbocycles. The number of hydrogen-bond acceptors (Lipinski definition) is 5. The van der Waals surface area contributed by atoms with E-state index in [-0.39, 0.29) is 11.7 Å². The molecule has 2 aromatic rings. The van der Waals surface area contributed by atoms with E-state index in [0.29, 0.717) is 13.2 Å². The lowest BCUT2D eigenvalue weighted by atomic mass is 9.98. The first kappa shape index (κ1) is 18.0. The van der Waals surface area contributed by atoms with Crippen molar-refractivity contribution in [2.45, 2.75) is 19.0 Å². The molecule has 0 N–H and O–H groups in total. The second-order valence-electron chi connectivity index (χ2n) is 6.92. The van der Waals surface area contributed by atoms with Crippen molar-refractivity contribution in [2.24, 2.45) is 7.05 Å². The Hall–Kier alpha value is -1.83. The lowest BCUT2D eigenvalue weighted by molar-refractivity contribution is 0.0834. The number of likely N-dealkylation sites (N-methyl/N-ethyl adjacent to an activating group) is 1. The van der Waals surface area contributed by atoms with Crippen molar-refractivity contribution in [2.75, 3.05) is 40.4 Å². The predicted molar refractivity (Wildman–Crippen MR) is 93.6 cm³/mol. The predicted octanol–water partition coefficient (Wildman–Crippen LogP) is 1.63. The topological polar surface area (TPSA) is 46.4 Å². The fraction of sp³-hybridized carbons (Fsp3) is 0.556. The molecule has 0 saturated carbocycles. The van der Waals surface area contributed by atoms with Gasteiger partial charge >= 0.3 is 0 Å². The van der Waals surface area contributed by atoms with Gasteiger partial charge in [-0.15, -0.1) is 5.10 Å². The van der Waals surface area contributed by atoms with Gasteiger partial charge in [-0.05, 0) is 31.8 Å². The highest BCUT2D eigenvalue weighted by molar-refractivity contribution is 5.21. The maximum Gasteiger partial charge on any atom is 0.123 e. The van der Waals surface area contributed by atoms with Crippen LogP contribution in [0.5, 0.6) is 0 Å². The minimum atomic E-state index is -0.203. The average molecular weight is 347 g/mol. The van der Waals surface area contributed by atoms with E-state index in [9.17, 15) is 4.39 Å². The van der Waals surface area contributed by atoms with Gasteiger partial charge in [0, 0.05) is 39.1 Å². The SMILES string of the molecule is CN(C)CCOCC1CN(Cc2ccc(F)cc2)Cc2nnn(C)c21. The maximum atomic E-state index is 13.1. The highest BCUT2D eigenvalue weighted by atomic mass is 19.1. The van der Waals surface area contributed by atoms with Crippen LogP contribution in [0.1, 0.15) is 22.9 Å². The zero-order valence-corrected chi connectivity index (χ0v) is 15.2. The molecule has 3 rings (SSSR count). The van der Waals surface area contributed by atoms with Crippen molar-refractivity contribution >= 4 is 0 Å². The first-order valence-corrected chi connectivity index (χ1v) is 8.60. The number of ether oxygens (including phenoxy) is 1. The summed E-state index contributed by atoms with van der Waals surface area (Å²) in [4.78, 5) is 4.43. The van der Waals surface area contributed by atoms with Gasteiger partial charge in [-0.1, -0.05) is 17.3 Å². The summed E-state index contributed by atoms with van der Waals surface area (Å²) in [7, 11) is 6.02. The molecule has 0 bridgehead atoms. The van der Waals surface area contributed by atoms with Gasteiger partial charge in [-0.2, -0.15) is 0 Å². The lowest BCUT2D eigenvalue weighted by Gasteiger charge is -2.32. The molecule has 0 spiro atoms. The third-order valence-electron chi connectivity index (χ3n) is 4.50. The minimum absolute atomic E-state index is 0.203. The molecule has 1 aliphatic rings. The van der Waals surface area contributed by atoms with E-state index in [1.54, 1.807) is 0 Å². The number of aryl methyl sites for hydroxylation is 1. The molecule has 1 atom stereocenters. The minimum Gasteiger partial charge on any atom is -0.379 e. The summed E-state index contributed by atoms with van der Waals surface area (Å²) >= 11 is 0. The number of aromatic nitrogens is 3. The Morgan fingerprint density at radius 2 is 2.04 bits per heavy atom. The monoisotopic (exact) mass is 347 g/mol. The molecule has 0 amide bonds.